The van der Waals surface area contributed by atoms with Crippen LogP contribution in [0.5, 0.6) is 5.75 Å². The summed E-state index contributed by atoms with van der Waals surface area (Å²) in [7, 11) is -1.38. The van der Waals surface area contributed by atoms with Crippen molar-refractivity contribution < 1.29 is 22.9 Å². The fourth-order valence-corrected chi connectivity index (χ4v) is 4.69. The van der Waals surface area contributed by atoms with Gasteiger partial charge < -0.3 is 13.9 Å². The first kappa shape index (κ1) is 26.9. The molecule has 0 aliphatic rings. The number of hydrogen-bond acceptors (Lipinski definition) is 6. The molecule has 1 aromatic heterocycles. The molecule has 7 heteroatoms. The summed E-state index contributed by atoms with van der Waals surface area (Å²) in [4.78, 5) is 26.3. The van der Waals surface area contributed by atoms with Gasteiger partial charge in [0.25, 0.3) is 0 Å². The maximum absolute atomic E-state index is 13.4. The predicted molar refractivity (Wildman–Crippen MR) is 141 cm³/mol. The van der Waals surface area contributed by atoms with E-state index in [1.807, 2.05) is 0 Å². The second-order valence-corrected chi connectivity index (χ2v) is 10.2. The Hall–Kier alpha value is -2.67. The van der Waals surface area contributed by atoms with Gasteiger partial charge in [-0.25, -0.2) is 4.79 Å². The Morgan fingerprint density at radius 3 is 2.31 bits per heavy atom. The Morgan fingerprint density at radius 1 is 0.886 bits per heavy atom. The molecule has 3 rings (SSSR count). The Bertz CT molecular complexity index is 1230. The summed E-state index contributed by atoms with van der Waals surface area (Å²) in [5.74, 6) is 0.0308. The quantitative estimate of drug-likeness (QED) is 0.138. The van der Waals surface area contributed by atoms with Crippen molar-refractivity contribution in [3.05, 3.63) is 46.1 Å². The molecular weight excluding hydrogens is 464 g/mol. The number of hydrogen-bond donors (Lipinski definition) is 0. The number of carbonyl (C=O) groups excluding carboxylic acids is 1. The number of unbranched alkanes of at least 4 members (excludes halogenated alkanes) is 7. The molecule has 0 aliphatic heterocycles. The minimum Gasteiger partial charge on any atom is -0.494 e. The van der Waals surface area contributed by atoms with Crippen molar-refractivity contribution in [3.63, 3.8) is 0 Å². The molecular formula is C28H36O6S. The Morgan fingerprint density at radius 2 is 1.57 bits per heavy atom. The van der Waals surface area contributed by atoms with Crippen molar-refractivity contribution in [2.75, 3.05) is 19.5 Å². The van der Waals surface area contributed by atoms with Crippen molar-refractivity contribution >= 4 is 38.7 Å². The van der Waals surface area contributed by atoms with E-state index < -0.39 is 16.8 Å². The highest BCUT2D eigenvalue weighted by Gasteiger charge is 2.18. The van der Waals surface area contributed by atoms with Crippen molar-refractivity contribution in [3.8, 4) is 5.75 Å². The van der Waals surface area contributed by atoms with Gasteiger partial charge in [0.1, 0.15) is 11.3 Å². The van der Waals surface area contributed by atoms with Crippen molar-refractivity contribution in [1.29, 1.82) is 0 Å². The number of carbonyl (C=O) groups is 1. The average molecular weight is 501 g/mol. The maximum Gasteiger partial charge on any atom is 0.338 e. The molecule has 6 nitrogen and oxygen atoms in total. The molecule has 0 bridgehead atoms. The van der Waals surface area contributed by atoms with E-state index in [1.54, 1.807) is 30.5 Å². The van der Waals surface area contributed by atoms with Crippen LogP contribution >= 0.6 is 0 Å². The predicted octanol–water partition coefficient (Wildman–Crippen LogP) is 6.77. The Balaban J connectivity index is 1.87. The molecule has 0 amide bonds. The lowest BCUT2D eigenvalue weighted by molar-refractivity contribution is 0.0498. The fraction of sp³-hybridized carbons (Fsp3) is 0.500. The van der Waals surface area contributed by atoms with Gasteiger partial charge in [0, 0.05) is 12.3 Å². The van der Waals surface area contributed by atoms with Crippen LogP contribution < -0.4 is 10.2 Å². The van der Waals surface area contributed by atoms with Crippen LogP contribution in [0.4, 0.5) is 0 Å². The van der Waals surface area contributed by atoms with Gasteiger partial charge in [0.15, 0.2) is 5.58 Å². The second-order valence-electron chi connectivity index (χ2n) is 8.85. The monoisotopic (exact) mass is 500 g/mol. The number of rotatable bonds is 14. The molecule has 1 heterocycles. The SMILES string of the molecule is CCCCCCCCOc1cc(S(C)=O)c2oc3ccc(C(=O)OCCCCC)cc3c(=O)c2c1. The first-order valence-electron chi connectivity index (χ1n) is 12.6. The van der Waals surface area contributed by atoms with Crippen LogP contribution in [0, 0.1) is 0 Å². The number of fused-ring (bicyclic) bond motifs is 2. The summed E-state index contributed by atoms with van der Waals surface area (Å²) in [5.41, 5.74) is 0.622. The molecule has 0 aliphatic carbocycles. The number of esters is 1. The van der Waals surface area contributed by atoms with E-state index in [0.29, 0.717) is 35.0 Å². The van der Waals surface area contributed by atoms with Gasteiger partial charge in [-0.1, -0.05) is 58.8 Å². The van der Waals surface area contributed by atoms with E-state index in [0.717, 1.165) is 32.1 Å². The highest BCUT2D eigenvalue weighted by Crippen LogP contribution is 2.29. The van der Waals surface area contributed by atoms with Crippen LogP contribution in [0.2, 0.25) is 0 Å². The summed E-state index contributed by atoms with van der Waals surface area (Å²) in [6.07, 6.45) is 11.3. The zero-order valence-electron chi connectivity index (χ0n) is 21.0. The van der Waals surface area contributed by atoms with Gasteiger partial charge in [-0.15, -0.1) is 0 Å². The van der Waals surface area contributed by atoms with Crippen LogP contribution in [-0.4, -0.2) is 29.6 Å². The van der Waals surface area contributed by atoms with Gasteiger partial charge in [-0.05, 0) is 37.1 Å². The first-order chi connectivity index (χ1) is 17.0. The molecule has 190 valence electrons. The largest absolute Gasteiger partial charge is 0.494 e. The van der Waals surface area contributed by atoms with Crippen LogP contribution in [-0.2, 0) is 15.5 Å². The lowest BCUT2D eigenvalue weighted by atomic mass is 10.1. The number of benzene rings is 2. The van der Waals surface area contributed by atoms with E-state index in [1.165, 1.54) is 31.7 Å². The van der Waals surface area contributed by atoms with Gasteiger partial charge in [0.05, 0.1) is 45.2 Å². The smallest absolute Gasteiger partial charge is 0.338 e. The van der Waals surface area contributed by atoms with E-state index in [-0.39, 0.29) is 21.8 Å². The molecule has 0 saturated carbocycles. The maximum atomic E-state index is 13.4. The summed E-state index contributed by atoms with van der Waals surface area (Å²) in [6, 6.07) is 8.01. The molecule has 0 radical (unpaired) electrons. The van der Waals surface area contributed by atoms with Gasteiger partial charge >= 0.3 is 5.97 Å². The molecule has 3 aromatic rings. The van der Waals surface area contributed by atoms with Gasteiger partial charge in [-0.2, -0.15) is 0 Å². The average Bonchev–Trinajstić information content (AvgIpc) is 2.85. The summed E-state index contributed by atoms with van der Waals surface area (Å²) in [5, 5.41) is 0.568. The molecule has 0 spiro atoms. The van der Waals surface area contributed by atoms with Crippen LogP contribution in [0.3, 0.4) is 0 Å². The third-order valence-corrected chi connectivity index (χ3v) is 6.92. The van der Waals surface area contributed by atoms with Crippen LogP contribution in [0.25, 0.3) is 21.9 Å². The minimum atomic E-state index is -1.38. The third kappa shape index (κ3) is 7.17. The number of ether oxygens (including phenoxy) is 2. The molecule has 0 saturated heterocycles. The summed E-state index contributed by atoms with van der Waals surface area (Å²) >= 11 is 0. The Kier molecular flexibility index (Phi) is 10.3. The highest BCUT2D eigenvalue weighted by molar-refractivity contribution is 7.84. The first-order valence-corrected chi connectivity index (χ1v) is 14.2. The zero-order chi connectivity index (χ0) is 25.2. The standard InChI is InChI=1S/C28H36O6S/c1-4-6-8-9-10-12-15-32-21-18-23-26(29)22-17-20(28(30)33-16-11-7-5-2)13-14-24(22)34-27(23)25(19-21)35(3)31/h13-14,17-19H,4-12,15-16H2,1-3H3. The van der Waals surface area contributed by atoms with Crippen molar-refractivity contribution in [2.24, 2.45) is 0 Å². The molecule has 1 unspecified atom stereocenters. The molecule has 2 aromatic carbocycles. The van der Waals surface area contributed by atoms with Crippen molar-refractivity contribution in [1.82, 2.24) is 0 Å². The lowest BCUT2D eigenvalue weighted by Gasteiger charge is -2.11. The van der Waals surface area contributed by atoms with Gasteiger partial charge in [-0.3, -0.25) is 9.00 Å². The van der Waals surface area contributed by atoms with E-state index in [4.69, 9.17) is 13.9 Å². The summed E-state index contributed by atoms with van der Waals surface area (Å²) < 4.78 is 29.7. The minimum absolute atomic E-state index is 0.279. The lowest BCUT2D eigenvalue weighted by Crippen LogP contribution is -2.09. The molecule has 0 N–H and O–H groups in total. The van der Waals surface area contributed by atoms with Crippen molar-refractivity contribution in [2.45, 2.75) is 76.5 Å². The van der Waals surface area contributed by atoms with Crippen LogP contribution in [0.15, 0.2) is 44.4 Å². The molecule has 1 atom stereocenters. The highest BCUT2D eigenvalue weighted by atomic mass is 32.2. The van der Waals surface area contributed by atoms with E-state index in [2.05, 4.69) is 13.8 Å². The van der Waals surface area contributed by atoms with Gasteiger partial charge in [0.2, 0.25) is 5.43 Å². The topological polar surface area (TPSA) is 82.8 Å². The van der Waals surface area contributed by atoms with E-state index in [9.17, 15) is 13.8 Å². The molecule has 0 fully saturated rings. The van der Waals surface area contributed by atoms with E-state index >= 15 is 0 Å². The normalized spacial score (nSPS) is 12.2. The molecule has 35 heavy (non-hydrogen) atoms. The fourth-order valence-electron chi connectivity index (χ4n) is 4.00. The van der Waals surface area contributed by atoms with Crippen LogP contribution in [0.1, 0.15) is 82.0 Å². The second kappa shape index (κ2) is 13.4. The zero-order valence-corrected chi connectivity index (χ0v) is 21.8. The third-order valence-electron chi connectivity index (χ3n) is 6.00. The summed E-state index contributed by atoms with van der Waals surface area (Å²) in [6.45, 7) is 5.15. The Labute approximate surface area is 209 Å².